The molecule has 1 heterocycles. The number of hydrogen-bond donors (Lipinski definition) is 0. The lowest BCUT2D eigenvalue weighted by molar-refractivity contribution is -0.141. The van der Waals surface area contributed by atoms with E-state index in [9.17, 15) is 4.79 Å². The molecule has 104 valence electrons. The van der Waals surface area contributed by atoms with E-state index in [1.54, 1.807) is 0 Å². The van der Waals surface area contributed by atoms with Crippen molar-refractivity contribution in [3.8, 4) is 0 Å². The van der Waals surface area contributed by atoms with Gasteiger partial charge in [0.1, 0.15) is 0 Å². The van der Waals surface area contributed by atoms with Crippen LogP contribution >= 0.6 is 0 Å². The minimum Gasteiger partial charge on any atom is -0.469 e. The first-order chi connectivity index (χ1) is 9.28. The maximum absolute atomic E-state index is 11.1. The molecular formula is C16H23NO2. The molecule has 1 aromatic rings. The average molecular weight is 261 g/mol. The third-order valence-electron chi connectivity index (χ3n) is 3.94. The van der Waals surface area contributed by atoms with E-state index in [0.717, 1.165) is 26.1 Å². The summed E-state index contributed by atoms with van der Waals surface area (Å²) in [6, 6.07) is 10.6. The predicted octanol–water partition coefficient (Wildman–Crippen LogP) is 2.85. The van der Waals surface area contributed by atoms with Crippen molar-refractivity contribution < 1.29 is 9.53 Å². The summed E-state index contributed by atoms with van der Waals surface area (Å²) in [5.74, 6) is 0.609. The Bertz CT molecular complexity index is 383. The zero-order valence-corrected chi connectivity index (χ0v) is 11.7. The molecule has 0 amide bonds. The van der Waals surface area contributed by atoms with Gasteiger partial charge in [0.15, 0.2) is 0 Å². The van der Waals surface area contributed by atoms with Gasteiger partial charge in [-0.3, -0.25) is 9.69 Å². The zero-order valence-electron chi connectivity index (χ0n) is 11.7. The van der Waals surface area contributed by atoms with Crippen molar-refractivity contribution in [1.82, 2.24) is 4.90 Å². The van der Waals surface area contributed by atoms with Gasteiger partial charge in [-0.15, -0.1) is 0 Å². The van der Waals surface area contributed by atoms with Crippen LogP contribution in [0.25, 0.3) is 0 Å². The fourth-order valence-electron chi connectivity index (χ4n) is 2.70. The van der Waals surface area contributed by atoms with Crippen molar-refractivity contribution in [3.05, 3.63) is 35.9 Å². The van der Waals surface area contributed by atoms with Crippen LogP contribution in [0.5, 0.6) is 0 Å². The number of carbonyl (C=O) groups excluding carboxylic acids is 1. The molecular weight excluding hydrogens is 238 g/mol. The van der Waals surface area contributed by atoms with E-state index in [0.29, 0.717) is 12.3 Å². The van der Waals surface area contributed by atoms with Crippen LogP contribution in [0.15, 0.2) is 30.3 Å². The number of methoxy groups -OCH3 is 1. The summed E-state index contributed by atoms with van der Waals surface area (Å²) < 4.78 is 4.69. The average Bonchev–Trinajstić information content (AvgIpc) is 2.47. The Hall–Kier alpha value is -1.35. The van der Waals surface area contributed by atoms with Crippen molar-refractivity contribution in [1.29, 1.82) is 0 Å². The summed E-state index contributed by atoms with van der Waals surface area (Å²) in [5.41, 5.74) is 1.38. The van der Waals surface area contributed by atoms with Crippen LogP contribution in [0.2, 0.25) is 0 Å². The molecule has 3 heteroatoms. The van der Waals surface area contributed by atoms with Crippen molar-refractivity contribution >= 4 is 5.97 Å². The molecule has 1 aromatic carbocycles. The van der Waals surface area contributed by atoms with Gasteiger partial charge in [-0.25, -0.2) is 0 Å². The Balaban J connectivity index is 1.69. The summed E-state index contributed by atoms with van der Waals surface area (Å²) in [4.78, 5) is 13.6. The Kier molecular flexibility index (Phi) is 5.40. The molecule has 0 radical (unpaired) electrons. The van der Waals surface area contributed by atoms with Gasteiger partial charge in [-0.2, -0.15) is 0 Å². The monoisotopic (exact) mass is 261 g/mol. The Labute approximate surface area is 115 Å². The molecule has 0 spiro atoms. The molecule has 0 saturated carbocycles. The molecule has 0 atom stereocenters. The summed E-state index contributed by atoms with van der Waals surface area (Å²) in [6.45, 7) is 3.33. The molecule has 1 saturated heterocycles. The Morgan fingerprint density at radius 3 is 2.58 bits per heavy atom. The van der Waals surface area contributed by atoms with Gasteiger partial charge in [0, 0.05) is 13.0 Å². The topological polar surface area (TPSA) is 29.5 Å². The van der Waals surface area contributed by atoms with Crippen LogP contribution in [0, 0.1) is 5.92 Å². The molecule has 0 aromatic heterocycles. The van der Waals surface area contributed by atoms with Gasteiger partial charge in [0.05, 0.1) is 7.11 Å². The lowest BCUT2D eigenvalue weighted by atomic mass is 9.92. The number of piperidine rings is 1. The van der Waals surface area contributed by atoms with E-state index in [2.05, 4.69) is 35.2 Å². The fourth-order valence-corrected chi connectivity index (χ4v) is 2.70. The second-order valence-corrected chi connectivity index (χ2v) is 5.32. The summed E-state index contributed by atoms with van der Waals surface area (Å²) in [5, 5.41) is 0. The molecule has 0 aliphatic carbocycles. The van der Waals surface area contributed by atoms with Crippen molar-refractivity contribution in [2.45, 2.75) is 32.2 Å². The van der Waals surface area contributed by atoms with E-state index in [1.807, 2.05) is 0 Å². The highest BCUT2D eigenvalue weighted by atomic mass is 16.5. The van der Waals surface area contributed by atoms with E-state index >= 15 is 0 Å². The molecule has 1 fully saturated rings. The van der Waals surface area contributed by atoms with Gasteiger partial charge in [0.25, 0.3) is 0 Å². The van der Waals surface area contributed by atoms with E-state index in [4.69, 9.17) is 4.74 Å². The number of esters is 1. The Morgan fingerprint density at radius 1 is 1.26 bits per heavy atom. The number of rotatable bonds is 5. The molecule has 1 aliphatic rings. The lowest BCUT2D eigenvalue weighted by Gasteiger charge is -2.31. The molecule has 0 N–H and O–H groups in total. The minimum atomic E-state index is -0.0771. The largest absolute Gasteiger partial charge is 0.469 e. The highest BCUT2D eigenvalue weighted by Gasteiger charge is 2.19. The van der Waals surface area contributed by atoms with Crippen LogP contribution < -0.4 is 0 Å². The van der Waals surface area contributed by atoms with Gasteiger partial charge in [0.2, 0.25) is 0 Å². The SMILES string of the molecule is COC(=O)CCC1CCN(Cc2ccccc2)CC1. The number of likely N-dealkylation sites (tertiary alicyclic amines) is 1. The minimum absolute atomic E-state index is 0.0771. The third kappa shape index (κ3) is 4.67. The van der Waals surface area contributed by atoms with Crippen LogP contribution in [0.4, 0.5) is 0 Å². The van der Waals surface area contributed by atoms with E-state index in [-0.39, 0.29) is 5.97 Å². The molecule has 0 unspecified atom stereocenters. The second kappa shape index (κ2) is 7.29. The number of nitrogens with zero attached hydrogens (tertiary/aromatic N) is 1. The van der Waals surface area contributed by atoms with Gasteiger partial charge < -0.3 is 4.74 Å². The zero-order chi connectivity index (χ0) is 13.5. The van der Waals surface area contributed by atoms with Gasteiger partial charge in [-0.05, 0) is 43.8 Å². The van der Waals surface area contributed by atoms with Crippen molar-refractivity contribution in [3.63, 3.8) is 0 Å². The predicted molar refractivity (Wildman–Crippen MR) is 75.7 cm³/mol. The molecule has 1 aliphatic heterocycles. The molecule has 2 rings (SSSR count). The number of carbonyl (C=O) groups is 1. The summed E-state index contributed by atoms with van der Waals surface area (Å²) in [6.07, 6.45) is 3.94. The van der Waals surface area contributed by atoms with E-state index in [1.165, 1.54) is 25.5 Å². The van der Waals surface area contributed by atoms with Crippen molar-refractivity contribution in [2.24, 2.45) is 5.92 Å². The first-order valence-corrected chi connectivity index (χ1v) is 7.11. The Morgan fingerprint density at radius 2 is 1.95 bits per heavy atom. The maximum Gasteiger partial charge on any atom is 0.305 e. The van der Waals surface area contributed by atoms with Crippen molar-refractivity contribution in [2.75, 3.05) is 20.2 Å². The van der Waals surface area contributed by atoms with E-state index < -0.39 is 0 Å². The highest BCUT2D eigenvalue weighted by Crippen LogP contribution is 2.23. The quantitative estimate of drug-likeness (QED) is 0.763. The number of benzene rings is 1. The maximum atomic E-state index is 11.1. The highest BCUT2D eigenvalue weighted by molar-refractivity contribution is 5.69. The normalized spacial score (nSPS) is 17.3. The van der Waals surface area contributed by atoms with Crippen LogP contribution in [0.1, 0.15) is 31.2 Å². The standard InChI is InChI=1S/C16H23NO2/c1-19-16(18)8-7-14-9-11-17(12-10-14)13-15-5-3-2-4-6-15/h2-6,14H,7-13H2,1H3. The fraction of sp³-hybridized carbons (Fsp3) is 0.562. The van der Waals surface area contributed by atoms with Crippen LogP contribution in [0.3, 0.4) is 0 Å². The lowest BCUT2D eigenvalue weighted by Crippen LogP contribution is -2.33. The summed E-state index contributed by atoms with van der Waals surface area (Å²) >= 11 is 0. The number of hydrogen-bond acceptors (Lipinski definition) is 3. The molecule has 0 bridgehead atoms. The number of ether oxygens (including phenoxy) is 1. The smallest absolute Gasteiger partial charge is 0.305 e. The third-order valence-corrected chi connectivity index (χ3v) is 3.94. The first kappa shape index (κ1) is 14.1. The van der Waals surface area contributed by atoms with Crippen LogP contribution in [-0.2, 0) is 16.1 Å². The molecule has 3 nitrogen and oxygen atoms in total. The second-order valence-electron chi connectivity index (χ2n) is 5.32. The van der Waals surface area contributed by atoms with Crippen LogP contribution in [-0.4, -0.2) is 31.1 Å². The summed E-state index contributed by atoms with van der Waals surface area (Å²) in [7, 11) is 1.46. The first-order valence-electron chi connectivity index (χ1n) is 7.11. The van der Waals surface area contributed by atoms with Gasteiger partial charge in [-0.1, -0.05) is 30.3 Å². The molecule has 19 heavy (non-hydrogen) atoms. The van der Waals surface area contributed by atoms with Gasteiger partial charge >= 0.3 is 5.97 Å².